The molecule has 0 spiro atoms. The lowest BCUT2D eigenvalue weighted by Gasteiger charge is -2.11. The smallest absolute Gasteiger partial charge is 0.251 e. The number of carbonyl (C=O) groups excluding carboxylic acids is 2. The maximum absolute atomic E-state index is 11.6. The van der Waals surface area contributed by atoms with Crippen LogP contribution in [0.25, 0.3) is 0 Å². The van der Waals surface area contributed by atoms with E-state index in [2.05, 4.69) is 10.6 Å². The molecule has 0 saturated carbocycles. The number of rotatable bonds is 5. The van der Waals surface area contributed by atoms with Crippen molar-refractivity contribution in [1.29, 1.82) is 0 Å². The van der Waals surface area contributed by atoms with Crippen molar-refractivity contribution in [3.63, 3.8) is 0 Å². The highest BCUT2D eigenvalue weighted by Crippen LogP contribution is 2.09. The molecule has 0 bridgehead atoms. The van der Waals surface area contributed by atoms with Crippen LogP contribution in [0.3, 0.4) is 0 Å². The third-order valence-corrected chi connectivity index (χ3v) is 2.32. The summed E-state index contributed by atoms with van der Waals surface area (Å²) >= 11 is 0. The van der Waals surface area contributed by atoms with Crippen LogP contribution >= 0.6 is 0 Å². The van der Waals surface area contributed by atoms with E-state index in [1.807, 2.05) is 0 Å². The van der Waals surface area contributed by atoms with Gasteiger partial charge in [-0.25, -0.2) is 0 Å². The van der Waals surface area contributed by atoms with Gasteiger partial charge in [-0.3, -0.25) is 9.59 Å². The second-order valence-corrected chi connectivity index (χ2v) is 3.71. The van der Waals surface area contributed by atoms with Crippen LogP contribution in [0.5, 0.6) is 0 Å². The molecule has 18 heavy (non-hydrogen) atoms. The van der Waals surface area contributed by atoms with Gasteiger partial charge in [-0.1, -0.05) is 0 Å². The molecule has 0 radical (unpaired) electrons. The number of nitrogens with two attached hydrogens (primary N) is 1. The molecule has 1 unspecified atom stereocenters. The summed E-state index contributed by atoms with van der Waals surface area (Å²) in [5.74, 6) is -0.506. The third kappa shape index (κ3) is 3.83. The van der Waals surface area contributed by atoms with Crippen molar-refractivity contribution >= 4 is 17.5 Å². The Morgan fingerprint density at radius 2 is 1.94 bits per heavy atom. The van der Waals surface area contributed by atoms with E-state index in [0.717, 1.165) is 0 Å². The van der Waals surface area contributed by atoms with Crippen LogP contribution in [0.1, 0.15) is 10.4 Å². The summed E-state index contributed by atoms with van der Waals surface area (Å²) in [6, 6.07) is 5.81. The highest BCUT2D eigenvalue weighted by Gasteiger charge is 2.13. The van der Waals surface area contributed by atoms with Gasteiger partial charge >= 0.3 is 0 Å². The Hall–Kier alpha value is -1.92. The van der Waals surface area contributed by atoms with Crippen molar-refractivity contribution in [2.45, 2.75) is 6.04 Å². The number of hydrogen-bond acceptors (Lipinski definition) is 4. The fourth-order valence-electron chi connectivity index (χ4n) is 1.34. The van der Waals surface area contributed by atoms with E-state index < -0.39 is 6.04 Å². The average Bonchev–Trinajstić information content (AvgIpc) is 2.39. The third-order valence-electron chi connectivity index (χ3n) is 2.32. The SMILES string of the molecule is CNC(=O)c1ccc(NC(=O)C(N)COC)cc1. The molecule has 1 aromatic rings. The molecule has 1 atom stereocenters. The lowest BCUT2D eigenvalue weighted by Crippen LogP contribution is -2.39. The summed E-state index contributed by atoms with van der Waals surface area (Å²) < 4.78 is 4.79. The number of hydrogen-bond donors (Lipinski definition) is 3. The van der Waals surface area contributed by atoms with Gasteiger partial charge in [-0.05, 0) is 24.3 Å². The highest BCUT2D eigenvalue weighted by atomic mass is 16.5. The van der Waals surface area contributed by atoms with E-state index in [4.69, 9.17) is 10.5 Å². The molecule has 0 aliphatic heterocycles. The molecule has 2 amide bonds. The van der Waals surface area contributed by atoms with Crippen LogP contribution in [0.2, 0.25) is 0 Å². The highest BCUT2D eigenvalue weighted by molar-refractivity contribution is 5.97. The quantitative estimate of drug-likeness (QED) is 0.684. The lowest BCUT2D eigenvalue weighted by atomic mass is 10.2. The van der Waals surface area contributed by atoms with Crippen molar-refractivity contribution in [1.82, 2.24) is 5.32 Å². The Morgan fingerprint density at radius 1 is 1.33 bits per heavy atom. The van der Waals surface area contributed by atoms with E-state index in [-0.39, 0.29) is 18.4 Å². The Balaban J connectivity index is 2.63. The van der Waals surface area contributed by atoms with E-state index in [9.17, 15) is 9.59 Å². The minimum Gasteiger partial charge on any atom is -0.383 e. The summed E-state index contributed by atoms with van der Waals surface area (Å²) in [5.41, 5.74) is 6.68. The molecule has 1 aromatic carbocycles. The minimum absolute atomic E-state index is 0.155. The molecule has 0 saturated heterocycles. The summed E-state index contributed by atoms with van der Waals surface area (Å²) in [6.45, 7) is 0.155. The Labute approximate surface area is 105 Å². The first-order valence-electron chi connectivity index (χ1n) is 5.46. The molecular formula is C12H17N3O3. The summed E-state index contributed by atoms with van der Waals surface area (Å²) in [4.78, 5) is 22.9. The molecule has 1 rings (SSSR count). The molecular weight excluding hydrogens is 234 g/mol. The predicted molar refractivity (Wildman–Crippen MR) is 68.3 cm³/mol. The molecule has 4 N–H and O–H groups in total. The number of ether oxygens (including phenoxy) is 1. The summed E-state index contributed by atoms with van der Waals surface area (Å²) in [6.07, 6.45) is 0. The van der Waals surface area contributed by atoms with Gasteiger partial charge < -0.3 is 21.1 Å². The van der Waals surface area contributed by atoms with Crippen molar-refractivity contribution < 1.29 is 14.3 Å². The van der Waals surface area contributed by atoms with E-state index in [0.29, 0.717) is 11.3 Å². The van der Waals surface area contributed by atoms with E-state index >= 15 is 0 Å². The standard InChI is InChI=1S/C12H17N3O3/c1-14-11(16)8-3-5-9(6-4-8)15-12(17)10(13)7-18-2/h3-6,10H,7,13H2,1-2H3,(H,14,16)(H,15,17). The summed E-state index contributed by atoms with van der Waals surface area (Å²) in [7, 11) is 3.03. The first kappa shape index (κ1) is 14.1. The lowest BCUT2D eigenvalue weighted by molar-refractivity contribution is -0.118. The van der Waals surface area contributed by atoms with Crippen LogP contribution in [-0.4, -0.2) is 38.6 Å². The molecule has 6 nitrogen and oxygen atoms in total. The van der Waals surface area contributed by atoms with E-state index in [1.54, 1.807) is 31.3 Å². The fourth-order valence-corrected chi connectivity index (χ4v) is 1.34. The zero-order chi connectivity index (χ0) is 13.5. The van der Waals surface area contributed by atoms with Gasteiger partial charge in [0.1, 0.15) is 6.04 Å². The molecule has 0 heterocycles. The molecule has 0 aromatic heterocycles. The van der Waals surface area contributed by atoms with Crippen LogP contribution in [0.4, 0.5) is 5.69 Å². The van der Waals surface area contributed by atoms with E-state index in [1.165, 1.54) is 7.11 Å². The maximum Gasteiger partial charge on any atom is 0.251 e. The number of benzene rings is 1. The molecule has 0 aliphatic carbocycles. The van der Waals surface area contributed by atoms with Gasteiger partial charge in [0.25, 0.3) is 5.91 Å². The topological polar surface area (TPSA) is 93.5 Å². The first-order valence-corrected chi connectivity index (χ1v) is 5.46. The Bertz CT molecular complexity index is 417. The van der Waals surface area contributed by atoms with Gasteiger partial charge in [0.15, 0.2) is 0 Å². The molecule has 0 aliphatic rings. The van der Waals surface area contributed by atoms with Crippen LogP contribution in [-0.2, 0) is 9.53 Å². The number of anilines is 1. The monoisotopic (exact) mass is 251 g/mol. The summed E-state index contributed by atoms with van der Waals surface area (Å²) in [5, 5.41) is 5.15. The van der Waals surface area contributed by atoms with Gasteiger partial charge in [0, 0.05) is 25.4 Å². The van der Waals surface area contributed by atoms with Crippen LogP contribution in [0, 0.1) is 0 Å². The Morgan fingerprint density at radius 3 is 2.44 bits per heavy atom. The van der Waals surface area contributed by atoms with Crippen molar-refractivity contribution in [3.05, 3.63) is 29.8 Å². The fraction of sp³-hybridized carbons (Fsp3) is 0.333. The average molecular weight is 251 g/mol. The van der Waals surface area contributed by atoms with Crippen molar-refractivity contribution in [2.75, 3.05) is 26.1 Å². The molecule has 6 heteroatoms. The molecule has 98 valence electrons. The number of carbonyl (C=O) groups is 2. The number of methoxy groups -OCH3 is 1. The van der Waals surface area contributed by atoms with Crippen molar-refractivity contribution in [3.8, 4) is 0 Å². The number of nitrogens with one attached hydrogen (secondary N) is 2. The maximum atomic E-state index is 11.6. The zero-order valence-corrected chi connectivity index (χ0v) is 10.4. The van der Waals surface area contributed by atoms with Crippen LogP contribution in [0.15, 0.2) is 24.3 Å². The van der Waals surface area contributed by atoms with Gasteiger partial charge in [0.05, 0.1) is 6.61 Å². The normalized spacial score (nSPS) is 11.7. The zero-order valence-electron chi connectivity index (χ0n) is 10.4. The first-order chi connectivity index (χ1) is 8.58. The van der Waals surface area contributed by atoms with Crippen molar-refractivity contribution in [2.24, 2.45) is 5.73 Å². The predicted octanol–water partition coefficient (Wildman–Crippen LogP) is -0.0416. The minimum atomic E-state index is -0.714. The number of amides is 2. The second kappa shape index (κ2) is 6.73. The van der Waals surface area contributed by atoms with Crippen LogP contribution < -0.4 is 16.4 Å². The Kier molecular flexibility index (Phi) is 5.29. The largest absolute Gasteiger partial charge is 0.383 e. The van der Waals surface area contributed by atoms with Gasteiger partial charge in [0.2, 0.25) is 5.91 Å². The molecule has 0 fully saturated rings. The second-order valence-electron chi connectivity index (χ2n) is 3.71. The van der Waals surface area contributed by atoms with Gasteiger partial charge in [-0.2, -0.15) is 0 Å². The van der Waals surface area contributed by atoms with Gasteiger partial charge in [-0.15, -0.1) is 0 Å².